The Morgan fingerprint density at radius 2 is 1.40 bits per heavy atom. The highest BCUT2D eigenvalue weighted by atomic mass is 19.3. The molecule has 1 aliphatic rings. The molecule has 0 heterocycles. The number of halogens is 1. The van der Waals surface area contributed by atoms with Gasteiger partial charge in [0.15, 0.2) is 0 Å². The second-order valence-electron chi connectivity index (χ2n) is 2.34. The zero-order valence-corrected chi connectivity index (χ0v) is 6.23. The highest BCUT2D eigenvalue weighted by Gasteiger charge is 1.95. The van der Waals surface area contributed by atoms with Gasteiger partial charge in [0.25, 0.3) is 0 Å². The van der Waals surface area contributed by atoms with Gasteiger partial charge in [-0.15, -0.1) is 0 Å². The molecule has 0 unspecified atom stereocenters. The van der Waals surface area contributed by atoms with E-state index in [2.05, 4.69) is 4.94 Å². The summed E-state index contributed by atoms with van der Waals surface area (Å²) in [6.07, 6.45) is 7.50. The Balaban J connectivity index is 0.000000162. The first-order valence-corrected chi connectivity index (χ1v) is 3.56. The van der Waals surface area contributed by atoms with Gasteiger partial charge in [-0.1, -0.05) is 32.1 Å². The smallest absolute Gasteiger partial charge is 0.255 e. The van der Waals surface area contributed by atoms with Crippen molar-refractivity contribution in [2.24, 2.45) is 0 Å². The predicted octanol–water partition coefficient (Wildman–Crippen LogP) is 2.38. The third kappa shape index (κ3) is 7.40. The van der Waals surface area contributed by atoms with Crippen LogP contribution in [0.25, 0.3) is 0 Å². The molecule has 1 aliphatic carbocycles. The Morgan fingerprint density at radius 3 is 1.50 bits per heavy atom. The predicted molar refractivity (Wildman–Crippen MR) is 36.0 cm³/mol. The average Bonchev–Trinajstić information content (AvgIpc) is 2.43. The minimum Gasteiger partial charge on any atom is -0.255 e. The molecule has 0 amide bonds. The maximum absolute atomic E-state index is 10.3. The van der Waals surface area contributed by atoms with Crippen LogP contribution in [0, 0.1) is 0 Å². The van der Waals surface area contributed by atoms with Crippen molar-refractivity contribution in [2.45, 2.75) is 39.0 Å². The molecule has 0 N–H and O–H groups in total. The Hall–Kier alpha value is -0.600. The van der Waals surface area contributed by atoms with Crippen LogP contribution < -0.4 is 0 Å². The summed E-state index contributed by atoms with van der Waals surface area (Å²) in [6, 6.07) is 0. The highest BCUT2D eigenvalue weighted by Crippen LogP contribution is 2.15. The SMILES string of the molecule is C1CCCC1.CC(=O)OF. The minimum absolute atomic E-state index is 0.912. The lowest BCUT2D eigenvalue weighted by Gasteiger charge is -1.71. The Kier molecular flexibility index (Phi) is 6.13. The second kappa shape index (κ2) is 6.52. The summed E-state index contributed by atoms with van der Waals surface area (Å²) >= 11 is 0. The number of carbonyl (C=O) groups excluding carboxylic acids is 1. The van der Waals surface area contributed by atoms with Crippen molar-refractivity contribution in [3.63, 3.8) is 0 Å². The van der Waals surface area contributed by atoms with Crippen LogP contribution >= 0.6 is 0 Å². The summed E-state index contributed by atoms with van der Waals surface area (Å²) in [6.45, 7) is 0.986. The quantitative estimate of drug-likeness (QED) is 0.527. The van der Waals surface area contributed by atoms with E-state index in [1.54, 1.807) is 0 Å². The van der Waals surface area contributed by atoms with Gasteiger partial charge in [-0.3, -0.25) is 4.94 Å². The molecule has 10 heavy (non-hydrogen) atoms. The largest absolute Gasteiger partial charge is 0.345 e. The lowest BCUT2D eigenvalue weighted by atomic mass is 10.4. The van der Waals surface area contributed by atoms with Crippen molar-refractivity contribution in [3.8, 4) is 0 Å². The van der Waals surface area contributed by atoms with E-state index < -0.39 is 5.97 Å². The van der Waals surface area contributed by atoms with E-state index in [0.717, 1.165) is 6.92 Å². The monoisotopic (exact) mass is 148 g/mol. The van der Waals surface area contributed by atoms with Crippen LogP contribution in [-0.2, 0) is 9.74 Å². The molecule has 3 heteroatoms. The Morgan fingerprint density at radius 1 is 1.20 bits per heavy atom. The van der Waals surface area contributed by atoms with Crippen molar-refractivity contribution in [2.75, 3.05) is 0 Å². The van der Waals surface area contributed by atoms with Gasteiger partial charge >= 0.3 is 5.97 Å². The molecule has 0 radical (unpaired) electrons. The summed E-state index contributed by atoms with van der Waals surface area (Å²) in [7, 11) is 0. The zero-order valence-electron chi connectivity index (χ0n) is 6.23. The Bertz CT molecular complexity index is 82.0. The molecule has 0 aromatic rings. The van der Waals surface area contributed by atoms with Gasteiger partial charge in [0.1, 0.15) is 0 Å². The molecular weight excluding hydrogens is 135 g/mol. The first-order chi connectivity index (χ1) is 4.77. The first-order valence-electron chi connectivity index (χ1n) is 3.56. The maximum Gasteiger partial charge on any atom is 0.345 e. The average molecular weight is 148 g/mol. The van der Waals surface area contributed by atoms with Crippen LogP contribution in [0.2, 0.25) is 0 Å². The number of hydrogen-bond donors (Lipinski definition) is 0. The van der Waals surface area contributed by atoms with Crippen molar-refractivity contribution < 1.29 is 14.3 Å². The fraction of sp³-hybridized carbons (Fsp3) is 0.857. The molecule has 0 bridgehead atoms. The van der Waals surface area contributed by atoms with E-state index in [1.807, 2.05) is 0 Å². The summed E-state index contributed by atoms with van der Waals surface area (Å²) in [5.74, 6) is -0.912. The van der Waals surface area contributed by atoms with Gasteiger partial charge in [-0.2, -0.15) is 0 Å². The molecule has 0 aromatic heterocycles. The fourth-order valence-corrected chi connectivity index (χ4v) is 0.884. The van der Waals surface area contributed by atoms with E-state index in [0.29, 0.717) is 0 Å². The summed E-state index contributed by atoms with van der Waals surface area (Å²) < 4.78 is 10.3. The molecule has 0 saturated heterocycles. The van der Waals surface area contributed by atoms with Crippen LogP contribution in [0.5, 0.6) is 0 Å². The van der Waals surface area contributed by atoms with Crippen LogP contribution in [0.3, 0.4) is 0 Å². The topological polar surface area (TPSA) is 26.3 Å². The van der Waals surface area contributed by atoms with Gasteiger partial charge in [0, 0.05) is 11.4 Å². The Labute approximate surface area is 60.3 Å². The van der Waals surface area contributed by atoms with Crippen LogP contribution in [0.1, 0.15) is 39.0 Å². The van der Waals surface area contributed by atoms with Crippen molar-refractivity contribution >= 4 is 5.97 Å². The molecule has 0 aromatic carbocycles. The zero-order chi connectivity index (χ0) is 7.82. The van der Waals surface area contributed by atoms with Crippen molar-refractivity contribution in [3.05, 3.63) is 0 Å². The molecule has 0 atom stereocenters. The van der Waals surface area contributed by atoms with Crippen LogP contribution in [0.4, 0.5) is 4.53 Å². The maximum atomic E-state index is 10.3. The molecule has 0 spiro atoms. The number of hydrogen-bond acceptors (Lipinski definition) is 2. The van der Waals surface area contributed by atoms with E-state index >= 15 is 0 Å². The fourth-order valence-electron chi connectivity index (χ4n) is 0.884. The minimum atomic E-state index is -0.912. The summed E-state index contributed by atoms with van der Waals surface area (Å²) in [5, 5.41) is 0. The van der Waals surface area contributed by atoms with Crippen LogP contribution in [0.15, 0.2) is 0 Å². The van der Waals surface area contributed by atoms with Gasteiger partial charge in [-0.25, -0.2) is 4.79 Å². The molecule has 1 fully saturated rings. The molecule has 0 aliphatic heterocycles. The number of rotatable bonds is 0. The first kappa shape index (κ1) is 9.40. The van der Waals surface area contributed by atoms with Crippen molar-refractivity contribution in [1.29, 1.82) is 0 Å². The summed E-state index contributed by atoms with van der Waals surface area (Å²) in [4.78, 5) is 11.8. The van der Waals surface area contributed by atoms with Gasteiger partial charge in [0.05, 0.1) is 0 Å². The van der Waals surface area contributed by atoms with Crippen LogP contribution in [-0.4, -0.2) is 5.97 Å². The summed E-state index contributed by atoms with van der Waals surface area (Å²) in [5.41, 5.74) is 0. The normalized spacial score (nSPS) is 15.4. The number of carbonyl (C=O) groups is 1. The molecule has 60 valence electrons. The van der Waals surface area contributed by atoms with Crippen molar-refractivity contribution in [1.82, 2.24) is 0 Å². The third-order valence-corrected chi connectivity index (χ3v) is 1.36. The molecule has 1 saturated carbocycles. The third-order valence-electron chi connectivity index (χ3n) is 1.36. The molecule has 2 nitrogen and oxygen atoms in total. The van der Waals surface area contributed by atoms with E-state index in [-0.39, 0.29) is 0 Å². The van der Waals surface area contributed by atoms with E-state index in [1.165, 1.54) is 32.1 Å². The van der Waals surface area contributed by atoms with Gasteiger partial charge < -0.3 is 0 Å². The second-order valence-corrected chi connectivity index (χ2v) is 2.34. The highest BCUT2D eigenvalue weighted by molar-refractivity contribution is 5.64. The lowest BCUT2D eigenvalue weighted by Crippen LogP contribution is -1.83. The lowest BCUT2D eigenvalue weighted by molar-refractivity contribution is -0.180. The standard InChI is InChI=1S/C5H10.C2H3FO2/c1-2-4-5-3-1;1-2(4)5-3/h1-5H2;1H3. The van der Waals surface area contributed by atoms with Gasteiger partial charge in [0.2, 0.25) is 0 Å². The van der Waals surface area contributed by atoms with E-state index in [4.69, 9.17) is 0 Å². The molecular formula is C7H13FO2. The van der Waals surface area contributed by atoms with E-state index in [9.17, 15) is 9.32 Å². The molecule has 1 rings (SSSR count). The van der Waals surface area contributed by atoms with Gasteiger partial charge in [-0.05, 0) is 0 Å².